The smallest absolute Gasteiger partial charge is 0.246 e. The molecule has 1 fully saturated rings. The van der Waals surface area contributed by atoms with Gasteiger partial charge in [0.1, 0.15) is 10.7 Å². The molecule has 0 spiro atoms. The lowest BCUT2D eigenvalue weighted by molar-refractivity contribution is 0.400. The Morgan fingerprint density at radius 3 is 2.57 bits per heavy atom. The van der Waals surface area contributed by atoms with Gasteiger partial charge >= 0.3 is 0 Å². The first-order valence-corrected chi connectivity index (χ1v) is 8.95. The lowest BCUT2D eigenvalue weighted by Crippen LogP contribution is -2.34. The van der Waals surface area contributed by atoms with E-state index in [1.165, 1.54) is 16.4 Å². The number of benzene rings is 1. The van der Waals surface area contributed by atoms with Crippen LogP contribution in [0.25, 0.3) is 0 Å². The Bertz CT molecular complexity index is 585. The van der Waals surface area contributed by atoms with E-state index >= 15 is 0 Å². The fourth-order valence-electron chi connectivity index (χ4n) is 2.34. The molecule has 6 heteroatoms. The maximum absolute atomic E-state index is 14.2. The monoisotopic (exact) mass is 314 g/mol. The second kappa shape index (κ2) is 6.85. The Labute approximate surface area is 126 Å². The number of sulfonamides is 1. The molecular formula is C15H23FN2O2S. The summed E-state index contributed by atoms with van der Waals surface area (Å²) in [5, 5.41) is 3.09. The predicted molar refractivity (Wildman–Crippen MR) is 81.0 cm³/mol. The van der Waals surface area contributed by atoms with E-state index in [2.05, 4.69) is 5.32 Å². The van der Waals surface area contributed by atoms with Gasteiger partial charge in [-0.25, -0.2) is 12.8 Å². The first-order valence-electron chi connectivity index (χ1n) is 7.51. The van der Waals surface area contributed by atoms with E-state index in [1.807, 2.05) is 13.8 Å². The Morgan fingerprint density at radius 1 is 1.33 bits per heavy atom. The molecule has 1 N–H and O–H groups in total. The first-order chi connectivity index (χ1) is 10.0. The summed E-state index contributed by atoms with van der Waals surface area (Å²) in [4.78, 5) is -0.205. The summed E-state index contributed by atoms with van der Waals surface area (Å²) < 4.78 is 40.9. The molecule has 0 heterocycles. The van der Waals surface area contributed by atoms with Gasteiger partial charge in [0, 0.05) is 19.1 Å². The second-order valence-corrected chi connectivity index (χ2v) is 7.25. The molecule has 2 rings (SSSR count). The van der Waals surface area contributed by atoms with Gasteiger partial charge in [0.2, 0.25) is 10.0 Å². The average Bonchev–Trinajstić information content (AvgIpc) is 3.26. The fraction of sp³-hybridized carbons (Fsp3) is 0.600. The van der Waals surface area contributed by atoms with Gasteiger partial charge in [0.05, 0.1) is 0 Å². The Hall–Kier alpha value is -0.980. The third-order valence-corrected chi connectivity index (χ3v) is 5.55. The summed E-state index contributed by atoms with van der Waals surface area (Å²) in [6.45, 7) is 5.67. The number of halogens is 1. The molecule has 4 nitrogen and oxygen atoms in total. The van der Waals surface area contributed by atoms with Gasteiger partial charge in [-0.15, -0.1) is 0 Å². The van der Waals surface area contributed by atoms with Crippen molar-refractivity contribution in [3.63, 3.8) is 0 Å². The highest BCUT2D eigenvalue weighted by Crippen LogP contribution is 2.33. The van der Waals surface area contributed by atoms with E-state index in [1.54, 1.807) is 6.07 Å². The van der Waals surface area contributed by atoms with Crippen LogP contribution in [0.5, 0.6) is 0 Å². The predicted octanol–water partition coefficient (Wildman–Crippen LogP) is 2.50. The molecule has 0 saturated heterocycles. The van der Waals surface area contributed by atoms with E-state index in [4.69, 9.17) is 0 Å². The summed E-state index contributed by atoms with van der Waals surface area (Å²) in [6, 6.07) is 4.43. The van der Waals surface area contributed by atoms with E-state index in [0.717, 1.165) is 31.4 Å². The molecule has 1 aromatic carbocycles. The summed E-state index contributed by atoms with van der Waals surface area (Å²) >= 11 is 0. The SMILES string of the molecule is CCCN(C1CC1)S(=O)(=O)c1ccc(CNCC)cc1F. The average molecular weight is 314 g/mol. The quantitative estimate of drug-likeness (QED) is 0.802. The van der Waals surface area contributed by atoms with E-state index in [9.17, 15) is 12.8 Å². The Balaban J connectivity index is 2.26. The van der Waals surface area contributed by atoms with Crippen LogP contribution in [-0.4, -0.2) is 31.9 Å². The fourth-order valence-corrected chi connectivity index (χ4v) is 4.17. The van der Waals surface area contributed by atoms with Crippen LogP contribution in [0.1, 0.15) is 38.7 Å². The molecule has 1 aromatic rings. The zero-order valence-electron chi connectivity index (χ0n) is 12.6. The lowest BCUT2D eigenvalue weighted by Gasteiger charge is -2.21. The van der Waals surface area contributed by atoms with Gasteiger partial charge in [0.25, 0.3) is 0 Å². The van der Waals surface area contributed by atoms with Crippen LogP contribution in [0.15, 0.2) is 23.1 Å². The van der Waals surface area contributed by atoms with Crippen molar-refractivity contribution < 1.29 is 12.8 Å². The normalized spacial score (nSPS) is 15.6. The molecule has 1 aliphatic rings. The molecule has 1 aliphatic carbocycles. The van der Waals surface area contributed by atoms with E-state index in [0.29, 0.717) is 13.1 Å². The van der Waals surface area contributed by atoms with E-state index < -0.39 is 15.8 Å². The largest absolute Gasteiger partial charge is 0.313 e. The molecule has 0 aliphatic heterocycles. The highest BCUT2D eigenvalue weighted by molar-refractivity contribution is 7.89. The van der Waals surface area contributed by atoms with Crippen molar-refractivity contribution in [3.05, 3.63) is 29.6 Å². The van der Waals surface area contributed by atoms with Crippen molar-refractivity contribution in [2.75, 3.05) is 13.1 Å². The van der Waals surface area contributed by atoms with Crippen LogP contribution in [0.2, 0.25) is 0 Å². The second-order valence-electron chi connectivity index (χ2n) is 5.39. The highest BCUT2D eigenvalue weighted by Gasteiger charge is 2.38. The third-order valence-electron chi connectivity index (χ3n) is 3.56. The van der Waals surface area contributed by atoms with Crippen LogP contribution in [0.4, 0.5) is 4.39 Å². The molecule has 0 atom stereocenters. The van der Waals surface area contributed by atoms with Crippen molar-refractivity contribution in [1.82, 2.24) is 9.62 Å². The third kappa shape index (κ3) is 3.81. The molecule has 21 heavy (non-hydrogen) atoms. The Kier molecular flexibility index (Phi) is 5.35. The number of hydrogen-bond donors (Lipinski definition) is 1. The molecule has 118 valence electrons. The Morgan fingerprint density at radius 2 is 2.05 bits per heavy atom. The van der Waals surface area contributed by atoms with Gasteiger partial charge in [0.15, 0.2) is 0 Å². The first kappa shape index (κ1) is 16.4. The minimum atomic E-state index is -3.73. The minimum Gasteiger partial charge on any atom is -0.313 e. The summed E-state index contributed by atoms with van der Waals surface area (Å²) in [5.41, 5.74) is 0.752. The van der Waals surface area contributed by atoms with Gasteiger partial charge in [-0.2, -0.15) is 4.31 Å². The van der Waals surface area contributed by atoms with Crippen LogP contribution >= 0.6 is 0 Å². The molecule has 0 radical (unpaired) electrons. The standard InChI is InChI=1S/C15H23FN2O2S/c1-3-9-18(13-6-7-13)21(19,20)15-8-5-12(10-14(15)16)11-17-4-2/h5,8,10,13,17H,3-4,6-7,9,11H2,1-2H3. The van der Waals surface area contributed by atoms with Crippen molar-refractivity contribution >= 4 is 10.0 Å². The number of nitrogens with one attached hydrogen (secondary N) is 1. The van der Waals surface area contributed by atoms with Gasteiger partial charge < -0.3 is 5.32 Å². The minimum absolute atomic E-state index is 0.0517. The maximum Gasteiger partial charge on any atom is 0.246 e. The van der Waals surface area contributed by atoms with Crippen LogP contribution < -0.4 is 5.32 Å². The summed E-state index contributed by atoms with van der Waals surface area (Å²) in [5.74, 6) is -0.660. The number of nitrogens with zero attached hydrogens (tertiary/aromatic N) is 1. The summed E-state index contributed by atoms with van der Waals surface area (Å²) in [6.07, 6.45) is 2.48. The molecule has 0 aromatic heterocycles. The maximum atomic E-state index is 14.2. The van der Waals surface area contributed by atoms with Gasteiger partial charge in [-0.05, 0) is 43.5 Å². The number of rotatable bonds is 8. The molecule has 0 amide bonds. The zero-order valence-corrected chi connectivity index (χ0v) is 13.4. The lowest BCUT2D eigenvalue weighted by atomic mass is 10.2. The summed E-state index contributed by atoms with van der Waals surface area (Å²) in [7, 11) is -3.73. The van der Waals surface area contributed by atoms with Crippen LogP contribution in [-0.2, 0) is 16.6 Å². The van der Waals surface area contributed by atoms with Gasteiger partial charge in [-0.1, -0.05) is 19.9 Å². The zero-order chi connectivity index (χ0) is 15.5. The van der Waals surface area contributed by atoms with Gasteiger partial charge in [-0.3, -0.25) is 0 Å². The van der Waals surface area contributed by atoms with Crippen molar-refractivity contribution in [3.8, 4) is 0 Å². The van der Waals surface area contributed by atoms with Crippen molar-refractivity contribution in [1.29, 1.82) is 0 Å². The van der Waals surface area contributed by atoms with Crippen LogP contribution in [0.3, 0.4) is 0 Å². The number of hydrogen-bond acceptors (Lipinski definition) is 3. The van der Waals surface area contributed by atoms with E-state index in [-0.39, 0.29) is 10.9 Å². The molecule has 0 unspecified atom stereocenters. The van der Waals surface area contributed by atoms with Crippen LogP contribution in [0, 0.1) is 5.82 Å². The highest BCUT2D eigenvalue weighted by atomic mass is 32.2. The molecular weight excluding hydrogens is 291 g/mol. The van der Waals surface area contributed by atoms with Crippen molar-refractivity contribution in [2.45, 2.75) is 50.6 Å². The van der Waals surface area contributed by atoms with Crippen molar-refractivity contribution in [2.24, 2.45) is 0 Å². The molecule has 0 bridgehead atoms. The topological polar surface area (TPSA) is 49.4 Å². The molecule has 1 saturated carbocycles.